The van der Waals surface area contributed by atoms with Gasteiger partial charge in [0.15, 0.2) is 0 Å². The number of rotatable bonds is 9. The SMILES string of the molecule is CCCCCCNC(=O)[C@H](C)NS(=O)(=O)c1ccc(C)cc1. The molecule has 0 aliphatic carbocycles. The van der Waals surface area contributed by atoms with E-state index in [0.717, 1.165) is 31.2 Å². The van der Waals surface area contributed by atoms with Crippen molar-refractivity contribution >= 4 is 15.9 Å². The van der Waals surface area contributed by atoms with Crippen molar-refractivity contribution in [1.82, 2.24) is 10.0 Å². The molecule has 124 valence electrons. The Morgan fingerprint density at radius 1 is 1.14 bits per heavy atom. The Kier molecular flexibility index (Phi) is 7.55. The predicted octanol–water partition coefficient (Wildman–Crippen LogP) is 2.36. The first-order chi connectivity index (χ1) is 10.4. The Labute approximate surface area is 133 Å². The lowest BCUT2D eigenvalue weighted by atomic mass is 10.2. The summed E-state index contributed by atoms with van der Waals surface area (Å²) in [5.41, 5.74) is 0.983. The average molecular weight is 326 g/mol. The van der Waals surface area contributed by atoms with Crippen LogP contribution >= 0.6 is 0 Å². The summed E-state index contributed by atoms with van der Waals surface area (Å²) >= 11 is 0. The van der Waals surface area contributed by atoms with Crippen LogP contribution in [0.15, 0.2) is 29.2 Å². The molecule has 0 radical (unpaired) electrons. The van der Waals surface area contributed by atoms with Crippen molar-refractivity contribution in [1.29, 1.82) is 0 Å². The van der Waals surface area contributed by atoms with Gasteiger partial charge < -0.3 is 5.32 Å². The molecular formula is C16H26N2O3S. The monoisotopic (exact) mass is 326 g/mol. The van der Waals surface area contributed by atoms with Crippen molar-refractivity contribution < 1.29 is 13.2 Å². The van der Waals surface area contributed by atoms with Crippen LogP contribution in [0.1, 0.15) is 45.1 Å². The zero-order chi connectivity index (χ0) is 16.6. The van der Waals surface area contributed by atoms with E-state index in [9.17, 15) is 13.2 Å². The Hall–Kier alpha value is -1.40. The second-order valence-electron chi connectivity index (χ2n) is 5.51. The summed E-state index contributed by atoms with van der Waals surface area (Å²) in [5, 5.41) is 2.76. The molecule has 6 heteroatoms. The number of hydrogen-bond donors (Lipinski definition) is 2. The molecule has 0 bridgehead atoms. The first-order valence-electron chi connectivity index (χ1n) is 7.73. The van der Waals surface area contributed by atoms with Gasteiger partial charge in [0.05, 0.1) is 10.9 Å². The zero-order valence-electron chi connectivity index (χ0n) is 13.6. The molecule has 0 aliphatic rings. The van der Waals surface area contributed by atoms with Crippen LogP contribution in [0.4, 0.5) is 0 Å². The van der Waals surface area contributed by atoms with Crippen molar-refractivity contribution in [2.75, 3.05) is 6.54 Å². The number of aryl methyl sites for hydroxylation is 1. The molecule has 0 spiro atoms. The summed E-state index contributed by atoms with van der Waals surface area (Å²) in [6.45, 7) is 6.14. The smallest absolute Gasteiger partial charge is 0.241 e. The van der Waals surface area contributed by atoms with Gasteiger partial charge in [-0.3, -0.25) is 4.79 Å². The van der Waals surface area contributed by atoms with Gasteiger partial charge in [0.1, 0.15) is 0 Å². The van der Waals surface area contributed by atoms with Crippen LogP contribution in [0.5, 0.6) is 0 Å². The number of amides is 1. The molecule has 1 aromatic rings. The lowest BCUT2D eigenvalue weighted by Crippen LogP contribution is -2.44. The number of carbonyl (C=O) groups excluding carboxylic acids is 1. The van der Waals surface area contributed by atoms with E-state index in [1.54, 1.807) is 19.1 Å². The van der Waals surface area contributed by atoms with Crippen LogP contribution in [-0.4, -0.2) is 26.9 Å². The van der Waals surface area contributed by atoms with Crippen LogP contribution in [0.25, 0.3) is 0 Å². The second-order valence-corrected chi connectivity index (χ2v) is 7.22. The van der Waals surface area contributed by atoms with E-state index in [1.807, 2.05) is 6.92 Å². The highest BCUT2D eigenvalue weighted by atomic mass is 32.2. The molecule has 0 heterocycles. The normalized spacial score (nSPS) is 12.9. The summed E-state index contributed by atoms with van der Waals surface area (Å²) in [5.74, 6) is -0.299. The summed E-state index contributed by atoms with van der Waals surface area (Å²) in [4.78, 5) is 12.1. The molecular weight excluding hydrogens is 300 g/mol. The van der Waals surface area contributed by atoms with Gasteiger partial charge in [-0.2, -0.15) is 4.72 Å². The molecule has 1 amide bonds. The number of sulfonamides is 1. The van der Waals surface area contributed by atoms with Gasteiger partial charge in [-0.05, 0) is 32.4 Å². The van der Waals surface area contributed by atoms with E-state index in [-0.39, 0.29) is 10.8 Å². The van der Waals surface area contributed by atoms with Gasteiger partial charge in [-0.15, -0.1) is 0 Å². The largest absolute Gasteiger partial charge is 0.355 e. The highest BCUT2D eigenvalue weighted by Gasteiger charge is 2.21. The first kappa shape index (κ1) is 18.6. The van der Waals surface area contributed by atoms with Gasteiger partial charge in [0.25, 0.3) is 0 Å². The Bertz CT molecular complexity index is 568. The third kappa shape index (κ3) is 6.15. The van der Waals surface area contributed by atoms with Gasteiger partial charge >= 0.3 is 0 Å². The first-order valence-corrected chi connectivity index (χ1v) is 9.22. The molecule has 0 fully saturated rings. The summed E-state index contributed by atoms with van der Waals surface area (Å²) in [6.07, 6.45) is 4.27. The predicted molar refractivity (Wildman–Crippen MR) is 88.1 cm³/mol. The third-order valence-corrected chi connectivity index (χ3v) is 4.94. The third-order valence-electron chi connectivity index (χ3n) is 3.39. The highest BCUT2D eigenvalue weighted by molar-refractivity contribution is 7.89. The Balaban J connectivity index is 2.50. The summed E-state index contributed by atoms with van der Waals surface area (Å²) < 4.78 is 26.8. The van der Waals surface area contributed by atoms with Crippen LogP contribution in [-0.2, 0) is 14.8 Å². The summed E-state index contributed by atoms with van der Waals surface area (Å²) in [7, 11) is -3.67. The Morgan fingerprint density at radius 3 is 2.36 bits per heavy atom. The zero-order valence-corrected chi connectivity index (χ0v) is 14.4. The van der Waals surface area contributed by atoms with E-state index in [2.05, 4.69) is 17.0 Å². The minimum absolute atomic E-state index is 0.167. The molecule has 0 saturated carbocycles. The van der Waals surface area contributed by atoms with Crippen LogP contribution in [0, 0.1) is 6.92 Å². The fraction of sp³-hybridized carbons (Fsp3) is 0.562. The maximum atomic E-state index is 12.2. The highest BCUT2D eigenvalue weighted by Crippen LogP contribution is 2.10. The van der Waals surface area contributed by atoms with E-state index in [0.29, 0.717) is 6.54 Å². The number of nitrogens with one attached hydrogen (secondary N) is 2. The fourth-order valence-corrected chi connectivity index (χ4v) is 3.19. The number of carbonyl (C=O) groups is 1. The molecule has 1 atom stereocenters. The molecule has 0 aromatic heterocycles. The molecule has 0 aliphatic heterocycles. The van der Waals surface area contributed by atoms with Crippen molar-refractivity contribution in [3.8, 4) is 0 Å². The summed E-state index contributed by atoms with van der Waals surface area (Å²) in [6, 6.07) is 5.73. The molecule has 22 heavy (non-hydrogen) atoms. The minimum atomic E-state index is -3.67. The average Bonchev–Trinajstić information content (AvgIpc) is 2.46. The lowest BCUT2D eigenvalue weighted by molar-refractivity contribution is -0.122. The number of unbranched alkanes of at least 4 members (excludes halogenated alkanes) is 3. The van der Waals surface area contributed by atoms with E-state index < -0.39 is 16.1 Å². The molecule has 2 N–H and O–H groups in total. The maximum absolute atomic E-state index is 12.2. The maximum Gasteiger partial charge on any atom is 0.241 e. The molecule has 0 unspecified atom stereocenters. The van der Waals surface area contributed by atoms with Crippen molar-refractivity contribution in [2.24, 2.45) is 0 Å². The fourth-order valence-electron chi connectivity index (χ4n) is 1.99. The van der Waals surface area contributed by atoms with E-state index in [4.69, 9.17) is 0 Å². The van der Waals surface area contributed by atoms with Crippen molar-refractivity contribution in [3.63, 3.8) is 0 Å². The number of hydrogen-bond acceptors (Lipinski definition) is 3. The molecule has 5 nitrogen and oxygen atoms in total. The van der Waals surface area contributed by atoms with Gasteiger partial charge in [0, 0.05) is 6.54 Å². The van der Waals surface area contributed by atoms with E-state index in [1.165, 1.54) is 12.1 Å². The number of benzene rings is 1. The van der Waals surface area contributed by atoms with Crippen LogP contribution in [0.2, 0.25) is 0 Å². The quantitative estimate of drug-likeness (QED) is 0.684. The van der Waals surface area contributed by atoms with Gasteiger partial charge in [0.2, 0.25) is 15.9 Å². The lowest BCUT2D eigenvalue weighted by Gasteiger charge is -2.14. The second kappa shape index (κ2) is 8.90. The van der Waals surface area contributed by atoms with Gasteiger partial charge in [-0.25, -0.2) is 8.42 Å². The molecule has 0 saturated heterocycles. The van der Waals surface area contributed by atoms with E-state index >= 15 is 0 Å². The van der Waals surface area contributed by atoms with Crippen LogP contribution in [0.3, 0.4) is 0 Å². The van der Waals surface area contributed by atoms with Gasteiger partial charge in [-0.1, -0.05) is 43.9 Å². The standard InChI is InChI=1S/C16H26N2O3S/c1-4-5-6-7-12-17-16(19)14(3)18-22(20,21)15-10-8-13(2)9-11-15/h8-11,14,18H,4-7,12H2,1-3H3,(H,17,19)/t14-/m0/s1. The van der Waals surface area contributed by atoms with Crippen LogP contribution < -0.4 is 10.0 Å². The molecule has 1 aromatic carbocycles. The van der Waals surface area contributed by atoms with Crippen molar-refractivity contribution in [3.05, 3.63) is 29.8 Å². The molecule has 1 rings (SSSR count). The Morgan fingerprint density at radius 2 is 1.77 bits per heavy atom. The topological polar surface area (TPSA) is 75.3 Å². The van der Waals surface area contributed by atoms with Crippen molar-refractivity contribution in [2.45, 2.75) is 57.4 Å². The minimum Gasteiger partial charge on any atom is -0.355 e.